The largest absolute Gasteiger partial charge is 0.504 e. The van der Waals surface area contributed by atoms with E-state index >= 15 is 0 Å². The monoisotopic (exact) mass is 1430 g/mol. The van der Waals surface area contributed by atoms with Gasteiger partial charge in [-0.2, -0.15) is 0 Å². The van der Waals surface area contributed by atoms with Crippen molar-refractivity contribution in [1.29, 1.82) is 0 Å². The van der Waals surface area contributed by atoms with Gasteiger partial charge in [-0.3, -0.25) is 14.7 Å². The van der Waals surface area contributed by atoms with Gasteiger partial charge in [-0.05, 0) is 78.3 Å². The summed E-state index contributed by atoms with van der Waals surface area (Å²) in [5.41, 5.74) is 1.63. The lowest BCUT2D eigenvalue weighted by atomic mass is 9.73. The summed E-state index contributed by atoms with van der Waals surface area (Å²) in [6.45, 7) is -0.224. The molecule has 0 radical (unpaired) electrons. The van der Waals surface area contributed by atoms with E-state index in [1.165, 1.54) is 39.5 Å². The minimum absolute atomic E-state index is 0.000812. The van der Waals surface area contributed by atoms with Gasteiger partial charge in [-0.15, -0.1) is 0 Å². The first-order valence-electron chi connectivity index (χ1n) is 33.6. The molecule has 18 atom stereocenters. The van der Waals surface area contributed by atoms with Crippen LogP contribution in [-0.2, 0) is 67.2 Å². The molecule has 0 bridgehead atoms. The number of phenols is 3. The van der Waals surface area contributed by atoms with Crippen LogP contribution in [0, 0.1) is 11.8 Å². The molecule has 3 aromatic carbocycles. The van der Waals surface area contributed by atoms with Gasteiger partial charge in [0.1, 0.15) is 94.4 Å². The number of aromatic hydroxyl groups is 3. The lowest BCUT2D eigenvalue weighted by Gasteiger charge is -2.54. The number of methoxy groups -OCH3 is 3. The van der Waals surface area contributed by atoms with Gasteiger partial charge in [-0.25, -0.2) is 14.4 Å². The van der Waals surface area contributed by atoms with E-state index < -0.39 is 160 Å². The van der Waals surface area contributed by atoms with Gasteiger partial charge in [0.25, 0.3) is 0 Å². The number of aliphatic carboxylic acids is 3. The maximum Gasteiger partial charge on any atom is 0.329 e. The summed E-state index contributed by atoms with van der Waals surface area (Å²) in [5, 5.41) is 139. The number of phenolic OH excluding ortho intramolecular Hbond substituents is 3. The third-order valence-electron chi connectivity index (χ3n) is 18.1. The van der Waals surface area contributed by atoms with E-state index in [9.17, 15) is 75.7 Å². The Morgan fingerprint density at radius 1 is 0.500 bits per heavy atom. The summed E-state index contributed by atoms with van der Waals surface area (Å²) in [6, 6.07) is 10.2. The number of benzene rings is 3. The maximum absolute atomic E-state index is 14.0. The van der Waals surface area contributed by atoms with Crippen molar-refractivity contribution < 1.29 is 136 Å². The molecule has 566 valence electrons. The van der Waals surface area contributed by atoms with Crippen molar-refractivity contribution in [3.05, 3.63) is 71.3 Å². The van der Waals surface area contributed by atoms with E-state index in [0.717, 1.165) is 0 Å². The molecule has 31 heteroatoms. The second kappa shape index (κ2) is 37.0. The zero-order chi connectivity index (χ0) is 74.3. The molecule has 0 spiro atoms. The highest BCUT2D eigenvalue weighted by Crippen LogP contribution is 2.42. The first-order valence-corrected chi connectivity index (χ1v) is 33.6. The fourth-order valence-electron chi connectivity index (χ4n) is 14.0. The van der Waals surface area contributed by atoms with Crippen LogP contribution in [0.25, 0.3) is 0 Å². The molecule has 31 nitrogen and oxygen atoms in total. The van der Waals surface area contributed by atoms with Gasteiger partial charge in [0.15, 0.2) is 40.8 Å². The van der Waals surface area contributed by atoms with Crippen LogP contribution in [0.15, 0.2) is 54.6 Å². The molecule has 100 heavy (non-hydrogen) atoms. The standard InChI is InChI=1S/C69H110N6O25/c1-40-45(34-94-37-58(82)83)24-55(62(64(40)88)71(29-47(77)32-74(6,7)8)26-43-16-19-50(80)53(22-43)92-13)98-67-57(36-96-39-60(86)87)99-69(63(66(67)90)72(30-48(78)33-75(9,10)11)27-44-17-20-51(81)54(23-44)93-14)100-68-56(35-95-38-59(84)85)97-41(2)61(65(68)89)70(28-46(76)31-73(3,4)5)25-42-15-18-49(79)52(21-42)91-12/h15-23,40-41,45-48,55-57,61-69,76-78,88-90H,24-39H2,1-14H3,(H3-3,79,80,81,82,83,84,85,86,87)/p+3/t40-,41+,45-,46?,47?,48?,55-,56-,57-,61+,62+,63-,64+,65-,66-,67-,68-,69+/m1/s1. The predicted molar refractivity (Wildman–Crippen MR) is 360 cm³/mol. The number of quaternary nitrogens is 3. The molecular weight excluding hydrogens is 1310 g/mol. The van der Waals surface area contributed by atoms with Crippen LogP contribution in [0.3, 0.4) is 0 Å². The Morgan fingerprint density at radius 3 is 1.23 bits per heavy atom. The van der Waals surface area contributed by atoms with E-state index in [1.54, 1.807) is 60.0 Å². The van der Waals surface area contributed by atoms with Gasteiger partial charge < -0.3 is 122 Å². The Hall–Kier alpha value is -5.89. The van der Waals surface area contributed by atoms with Crippen LogP contribution in [0.5, 0.6) is 34.5 Å². The normalized spacial score (nSPS) is 27.1. The number of carboxylic acids is 3. The molecule has 2 heterocycles. The average molecular weight is 1430 g/mol. The molecule has 1 aliphatic carbocycles. The summed E-state index contributed by atoms with van der Waals surface area (Å²) in [6.07, 6.45) is -18.3. The minimum atomic E-state index is -1.89. The van der Waals surface area contributed by atoms with Crippen LogP contribution in [0.1, 0.15) is 37.0 Å². The molecule has 3 aliphatic rings. The van der Waals surface area contributed by atoms with Crippen LogP contribution in [0.2, 0.25) is 0 Å². The van der Waals surface area contributed by atoms with E-state index in [1.807, 2.05) is 68.3 Å². The fraction of sp³-hybridized carbons (Fsp3) is 0.696. The highest BCUT2D eigenvalue weighted by Gasteiger charge is 2.56. The molecule has 3 unspecified atom stereocenters. The third-order valence-corrected chi connectivity index (χ3v) is 18.1. The molecule has 12 N–H and O–H groups in total. The van der Waals surface area contributed by atoms with Crippen molar-refractivity contribution >= 4 is 17.9 Å². The number of aliphatic hydroxyl groups excluding tert-OH is 6. The smallest absolute Gasteiger partial charge is 0.329 e. The average Bonchev–Trinajstić information content (AvgIpc) is 0.760. The zero-order valence-electron chi connectivity index (χ0n) is 60.3. The first-order chi connectivity index (χ1) is 46.8. The number of carboxylic acid groups (broad SMARTS) is 3. The number of hydrogen-bond acceptors (Lipinski definition) is 25. The van der Waals surface area contributed by atoms with Crippen LogP contribution in [0.4, 0.5) is 0 Å². The van der Waals surface area contributed by atoms with E-state index in [-0.39, 0.29) is 111 Å². The summed E-state index contributed by atoms with van der Waals surface area (Å²) in [7, 11) is 21.1. The van der Waals surface area contributed by atoms with Crippen molar-refractivity contribution in [1.82, 2.24) is 14.7 Å². The highest BCUT2D eigenvalue weighted by atomic mass is 16.7. The molecule has 3 aromatic rings. The van der Waals surface area contributed by atoms with Gasteiger partial charge >= 0.3 is 17.9 Å². The summed E-state index contributed by atoms with van der Waals surface area (Å²) >= 11 is 0. The lowest BCUT2D eigenvalue weighted by molar-refractivity contribution is -0.873. The Balaban J connectivity index is 1.61. The maximum atomic E-state index is 14.0. The SMILES string of the molecule is COc1cc(CN(CC(O)C[N+](C)(C)C)[C@@H]2[C@@H](O)[C@H](O[C@@H]3O[C@H](COCC(=O)O)[C@@H](O[C@@H]4C[C@H](COCC(=O)O)[C@@H](C)[C@H](O)[C@H]4N(Cc4ccc(O)c(OC)c4)CC(O)C[N+](C)(C)C)[C@H](O)[C@H]3N(Cc3ccc(O)c(OC)c3)CC(O)C[N+](C)(C)C)[C@@H](COCC(=O)O)O[C@H]2C)ccc1O. The Labute approximate surface area is 585 Å². The molecule has 2 saturated heterocycles. The van der Waals surface area contributed by atoms with Gasteiger partial charge in [0.2, 0.25) is 0 Å². The Morgan fingerprint density at radius 2 is 0.850 bits per heavy atom. The third kappa shape index (κ3) is 24.7. The molecule has 0 aromatic heterocycles. The number of aliphatic hydroxyl groups is 6. The summed E-state index contributed by atoms with van der Waals surface area (Å²) < 4.78 is 63.3. The molecule has 0 amide bonds. The Bertz CT molecular complexity index is 3060. The van der Waals surface area contributed by atoms with E-state index in [2.05, 4.69) is 0 Å². The first kappa shape index (κ1) is 83.1. The highest BCUT2D eigenvalue weighted by molar-refractivity contribution is 5.68. The van der Waals surface area contributed by atoms with Gasteiger partial charge in [-0.1, -0.05) is 25.1 Å². The number of hydrogen-bond donors (Lipinski definition) is 12. The second-order valence-corrected chi connectivity index (χ2v) is 29.9. The minimum Gasteiger partial charge on any atom is -0.504 e. The topological polar surface area (TPSA) is 396 Å². The summed E-state index contributed by atoms with van der Waals surface area (Å²) in [4.78, 5) is 41.7. The summed E-state index contributed by atoms with van der Waals surface area (Å²) in [5.74, 6) is -5.37. The van der Waals surface area contributed by atoms with Crippen molar-refractivity contribution in [3.8, 4) is 34.5 Å². The number of likely N-dealkylation sites (N-methyl/N-ethyl adjacent to an activating group) is 3. The van der Waals surface area contributed by atoms with Gasteiger partial charge in [0, 0.05) is 39.3 Å². The van der Waals surface area contributed by atoms with Crippen molar-refractivity contribution in [2.75, 3.05) is 164 Å². The number of ether oxygens (including phenoxy) is 10. The molecule has 2 aliphatic heterocycles. The molecule has 3 fully saturated rings. The zero-order valence-corrected chi connectivity index (χ0v) is 60.3. The molecule has 1 saturated carbocycles. The Kier molecular flexibility index (Phi) is 30.7. The van der Waals surface area contributed by atoms with Crippen molar-refractivity contribution in [2.45, 2.75) is 138 Å². The van der Waals surface area contributed by atoms with E-state index in [4.69, 9.17) is 47.4 Å². The quantitative estimate of drug-likeness (QED) is 0.0323. The van der Waals surface area contributed by atoms with E-state index in [0.29, 0.717) is 25.7 Å². The number of nitrogens with zero attached hydrogens (tertiary/aromatic N) is 6. The molecular formula is C69H113N6O25+3. The second-order valence-electron chi connectivity index (χ2n) is 29.9. The molecule has 6 rings (SSSR count). The van der Waals surface area contributed by atoms with Crippen LogP contribution < -0.4 is 14.2 Å². The number of rotatable bonds is 40. The predicted octanol–water partition coefficient (Wildman–Crippen LogP) is -0.364. The van der Waals surface area contributed by atoms with Crippen LogP contribution >= 0.6 is 0 Å². The van der Waals surface area contributed by atoms with Gasteiger partial charge in [0.05, 0.1) is 141 Å². The lowest BCUT2D eigenvalue weighted by Crippen LogP contribution is -2.70. The van der Waals surface area contributed by atoms with Crippen molar-refractivity contribution in [3.63, 3.8) is 0 Å². The van der Waals surface area contributed by atoms with Crippen molar-refractivity contribution in [2.24, 2.45) is 11.8 Å². The fourth-order valence-corrected chi connectivity index (χ4v) is 14.0. The van der Waals surface area contributed by atoms with Crippen LogP contribution in [-0.4, -0.2) is 369 Å². The number of carbonyl (C=O) groups is 3.